The molecule has 0 aliphatic carbocycles. The second kappa shape index (κ2) is 6.44. The van der Waals surface area contributed by atoms with E-state index in [1.54, 1.807) is 12.1 Å². The lowest BCUT2D eigenvalue weighted by atomic mass is 10.2. The van der Waals surface area contributed by atoms with Crippen LogP contribution in [0.3, 0.4) is 0 Å². The average Bonchev–Trinajstić information content (AvgIpc) is 2.89. The standard InChI is InChI=1S/C13H20N2O3/c1-2-7-17-13-11(14)5-6-12(15-13)18-9-10-4-3-8-16-10/h5-6,10H,2-4,7-9,14H2,1H3. The highest BCUT2D eigenvalue weighted by Gasteiger charge is 2.16. The number of ether oxygens (including phenoxy) is 3. The number of anilines is 1. The summed E-state index contributed by atoms with van der Waals surface area (Å²) in [5.74, 6) is 0.979. The minimum atomic E-state index is 0.185. The third-order valence-electron chi connectivity index (χ3n) is 2.75. The van der Waals surface area contributed by atoms with E-state index in [2.05, 4.69) is 4.98 Å². The molecule has 1 aromatic heterocycles. The van der Waals surface area contributed by atoms with Gasteiger partial charge in [-0.1, -0.05) is 6.92 Å². The van der Waals surface area contributed by atoms with Crippen LogP contribution >= 0.6 is 0 Å². The second-order valence-corrected chi connectivity index (χ2v) is 4.34. The van der Waals surface area contributed by atoms with Crippen LogP contribution in [-0.4, -0.2) is 30.9 Å². The first kappa shape index (κ1) is 13.0. The zero-order valence-electron chi connectivity index (χ0n) is 10.7. The Morgan fingerprint density at radius 2 is 2.33 bits per heavy atom. The summed E-state index contributed by atoms with van der Waals surface area (Å²) in [6, 6.07) is 3.51. The highest BCUT2D eigenvalue weighted by atomic mass is 16.5. The molecule has 1 aliphatic heterocycles. The SMILES string of the molecule is CCCOc1nc(OCC2CCCO2)ccc1N. The molecule has 0 saturated carbocycles. The molecular weight excluding hydrogens is 232 g/mol. The third-order valence-corrected chi connectivity index (χ3v) is 2.75. The number of hydrogen-bond acceptors (Lipinski definition) is 5. The first-order valence-corrected chi connectivity index (χ1v) is 6.43. The summed E-state index contributed by atoms with van der Waals surface area (Å²) in [7, 11) is 0. The number of nitrogen functional groups attached to an aromatic ring is 1. The first-order valence-electron chi connectivity index (χ1n) is 6.43. The molecule has 1 fully saturated rings. The number of nitrogens with zero attached hydrogens (tertiary/aromatic N) is 1. The molecule has 1 atom stereocenters. The van der Waals surface area contributed by atoms with Gasteiger partial charge in [0.15, 0.2) is 0 Å². The fraction of sp³-hybridized carbons (Fsp3) is 0.615. The van der Waals surface area contributed by atoms with E-state index in [4.69, 9.17) is 19.9 Å². The van der Waals surface area contributed by atoms with Gasteiger partial charge in [0, 0.05) is 12.7 Å². The van der Waals surface area contributed by atoms with Gasteiger partial charge in [-0.15, -0.1) is 0 Å². The molecule has 1 aliphatic rings. The monoisotopic (exact) mass is 252 g/mol. The summed E-state index contributed by atoms with van der Waals surface area (Å²) in [5.41, 5.74) is 6.32. The molecule has 5 nitrogen and oxygen atoms in total. The van der Waals surface area contributed by atoms with Crippen molar-refractivity contribution < 1.29 is 14.2 Å². The highest BCUT2D eigenvalue weighted by Crippen LogP contribution is 2.23. The topological polar surface area (TPSA) is 66.6 Å². The van der Waals surface area contributed by atoms with Gasteiger partial charge in [-0.3, -0.25) is 0 Å². The van der Waals surface area contributed by atoms with Crippen LogP contribution in [0.25, 0.3) is 0 Å². The number of rotatable bonds is 6. The normalized spacial score (nSPS) is 18.8. The van der Waals surface area contributed by atoms with Gasteiger partial charge in [0.2, 0.25) is 11.8 Å². The molecule has 100 valence electrons. The third kappa shape index (κ3) is 3.50. The molecule has 0 amide bonds. The Balaban J connectivity index is 1.91. The van der Waals surface area contributed by atoms with Gasteiger partial charge < -0.3 is 19.9 Å². The Kier molecular flexibility index (Phi) is 4.64. The largest absolute Gasteiger partial charge is 0.476 e. The average molecular weight is 252 g/mol. The van der Waals surface area contributed by atoms with Crippen LogP contribution in [0.2, 0.25) is 0 Å². The quantitative estimate of drug-likeness (QED) is 0.839. The first-order chi connectivity index (χ1) is 8.79. The molecule has 0 spiro atoms. The predicted octanol–water partition coefficient (Wildman–Crippen LogP) is 2.01. The van der Waals surface area contributed by atoms with Gasteiger partial charge in [-0.25, -0.2) is 0 Å². The van der Waals surface area contributed by atoms with E-state index in [1.807, 2.05) is 6.92 Å². The van der Waals surface area contributed by atoms with Crippen molar-refractivity contribution in [3.63, 3.8) is 0 Å². The van der Waals surface area contributed by atoms with Crippen molar-refractivity contribution in [1.82, 2.24) is 4.98 Å². The van der Waals surface area contributed by atoms with Crippen LogP contribution in [0.1, 0.15) is 26.2 Å². The maximum absolute atomic E-state index is 5.78. The lowest BCUT2D eigenvalue weighted by molar-refractivity contribution is 0.0660. The Morgan fingerprint density at radius 3 is 3.06 bits per heavy atom. The smallest absolute Gasteiger partial charge is 0.240 e. The van der Waals surface area contributed by atoms with Crippen molar-refractivity contribution >= 4 is 5.69 Å². The number of nitrogens with two attached hydrogens (primary N) is 1. The molecule has 1 aromatic rings. The van der Waals surface area contributed by atoms with Gasteiger partial charge in [0.1, 0.15) is 6.61 Å². The second-order valence-electron chi connectivity index (χ2n) is 4.34. The fourth-order valence-corrected chi connectivity index (χ4v) is 1.78. The molecule has 2 rings (SSSR count). The van der Waals surface area contributed by atoms with E-state index in [0.29, 0.717) is 30.7 Å². The van der Waals surface area contributed by atoms with E-state index in [1.165, 1.54) is 0 Å². The Labute approximate surface area is 107 Å². The minimum Gasteiger partial charge on any atom is -0.476 e. The zero-order chi connectivity index (χ0) is 12.8. The molecule has 0 bridgehead atoms. The van der Waals surface area contributed by atoms with Gasteiger partial charge in [-0.2, -0.15) is 4.98 Å². The van der Waals surface area contributed by atoms with Crippen LogP contribution in [-0.2, 0) is 4.74 Å². The Morgan fingerprint density at radius 1 is 1.44 bits per heavy atom. The molecule has 5 heteroatoms. The maximum atomic E-state index is 5.78. The van der Waals surface area contributed by atoms with Crippen LogP contribution in [0, 0.1) is 0 Å². The van der Waals surface area contributed by atoms with Crippen molar-refractivity contribution in [3.05, 3.63) is 12.1 Å². The van der Waals surface area contributed by atoms with Gasteiger partial charge >= 0.3 is 0 Å². The summed E-state index contributed by atoms with van der Waals surface area (Å²) >= 11 is 0. The van der Waals surface area contributed by atoms with E-state index in [-0.39, 0.29) is 6.10 Å². The lowest BCUT2D eigenvalue weighted by Crippen LogP contribution is -2.17. The lowest BCUT2D eigenvalue weighted by Gasteiger charge is -2.12. The van der Waals surface area contributed by atoms with Crippen molar-refractivity contribution in [1.29, 1.82) is 0 Å². The summed E-state index contributed by atoms with van der Waals surface area (Å²) in [6.45, 7) is 4.00. The van der Waals surface area contributed by atoms with E-state index in [9.17, 15) is 0 Å². The number of aromatic nitrogens is 1. The highest BCUT2D eigenvalue weighted by molar-refractivity contribution is 5.49. The van der Waals surface area contributed by atoms with Crippen molar-refractivity contribution in [2.24, 2.45) is 0 Å². The molecule has 0 aromatic carbocycles. The van der Waals surface area contributed by atoms with Crippen LogP contribution in [0.5, 0.6) is 11.8 Å². The Hall–Kier alpha value is -1.49. The van der Waals surface area contributed by atoms with Crippen LogP contribution in [0.4, 0.5) is 5.69 Å². The fourth-order valence-electron chi connectivity index (χ4n) is 1.78. The number of hydrogen-bond donors (Lipinski definition) is 1. The molecule has 1 unspecified atom stereocenters. The van der Waals surface area contributed by atoms with Crippen LogP contribution < -0.4 is 15.2 Å². The summed E-state index contributed by atoms with van der Waals surface area (Å²) in [4.78, 5) is 4.25. The van der Waals surface area contributed by atoms with Gasteiger partial charge in [-0.05, 0) is 25.3 Å². The van der Waals surface area contributed by atoms with Crippen LogP contribution in [0.15, 0.2) is 12.1 Å². The zero-order valence-corrected chi connectivity index (χ0v) is 10.7. The summed E-state index contributed by atoms with van der Waals surface area (Å²) in [5, 5.41) is 0. The maximum Gasteiger partial charge on any atom is 0.240 e. The molecule has 18 heavy (non-hydrogen) atoms. The molecule has 1 saturated heterocycles. The molecule has 2 N–H and O–H groups in total. The van der Waals surface area contributed by atoms with Crippen molar-refractivity contribution in [2.75, 3.05) is 25.6 Å². The van der Waals surface area contributed by atoms with E-state index >= 15 is 0 Å². The molecular formula is C13H20N2O3. The van der Waals surface area contributed by atoms with Crippen molar-refractivity contribution in [2.45, 2.75) is 32.3 Å². The Bertz CT molecular complexity index is 378. The minimum absolute atomic E-state index is 0.185. The summed E-state index contributed by atoms with van der Waals surface area (Å²) in [6.07, 6.45) is 3.26. The van der Waals surface area contributed by atoms with Crippen molar-refractivity contribution in [3.8, 4) is 11.8 Å². The molecule has 2 heterocycles. The van der Waals surface area contributed by atoms with E-state index in [0.717, 1.165) is 25.9 Å². The van der Waals surface area contributed by atoms with Gasteiger partial charge in [0.25, 0.3) is 0 Å². The van der Waals surface area contributed by atoms with E-state index < -0.39 is 0 Å². The van der Waals surface area contributed by atoms with Gasteiger partial charge in [0.05, 0.1) is 18.4 Å². The predicted molar refractivity (Wildman–Crippen MR) is 68.9 cm³/mol. The summed E-state index contributed by atoms with van der Waals surface area (Å²) < 4.78 is 16.5. The number of pyridine rings is 1. The molecule has 0 radical (unpaired) electrons.